The third kappa shape index (κ3) is 3.84. The average Bonchev–Trinajstić information content (AvgIpc) is 1.99. The molecule has 4 heteroatoms. The van der Waals surface area contributed by atoms with Crippen LogP contribution in [0.25, 0.3) is 0 Å². The first-order chi connectivity index (χ1) is 4.74. The second-order valence-corrected chi connectivity index (χ2v) is 2.08. The Morgan fingerprint density at radius 1 is 1.90 bits per heavy atom. The van der Waals surface area contributed by atoms with Crippen LogP contribution in [0.5, 0.6) is 0 Å². The lowest BCUT2D eigenvalue weighted by atomic mass is 10.5. The predicted molar refractivity (Wildman–Crippen MR) is 45.5 cm³/mol. The van der Waals surface area contributed by atoms with Gasteiger partial charge in [-0.05, 0) is 0 Å². The lowest BCUT2D eigenvalue weighted by Crippen LogP contribution is -2.15. The molecule has 58 valence electrons. The Kier molecular flexibility index (Phi) is 5.61. The largest absolute Gasteiger partial charge is 0.432 e. The molecule has 10 heavy (non-hydrogen) atoms. The molecule has 0 saturated carbocycles. The zero-order valence-electron chi connectivity index (χ0n) is 5.67. The van der Waals surface area contributed by atoms with E-state index >= 15 is 0 Å². The summed E-state index contributed by atoms with van der Waals surface area (Å²) in [6.07, 6.45) is 1.30. The zero-order valence-corrected chi connectivity index (χ0v) is 7.83. The fourth-order valence-corrected chi connectivity index (χ4v) is 0.806. The first-order valence-electron chi connectivity index (χ1n) is 2.85. The van der Waals surface area contributed by atoms with Gasteiger partial charge in [0.25, 0.3) is 0 Å². The van der Waals surface area contributed by atoms with Crippen molar-refractivity contribution in [3.05, 3.63) is 12.7 Å². The third-order valence-corrected chi connectivity index (χ3v) is 1.41. The molecule has 0 aliphatic rings. The van der Waals surface area contributed by atoms with Gasteiger partial charge in [-0.3, -0.25) is 3.07 Å². The van der Waals surface area contributed by atoms with Gasteiger partial charge < -0.3 is 4.74 Å². The van der Waals surface area contributed by atoms with E-state index in [0.717, 1.165) is 6.08 Å². The van der Waals surface area contributed by atoms with Crippen molar-refractivity contribution in [3.8, 4) is 0 Å². The smallest absolute Gasteiger partial charge is 0.332 e. The molecule has 3 nitrogen and oxygen atoms in total. The van der Waals surface area contributed by atoms with Crippen molar-refractivity contribution in [2.75, 3.05) is 0 Å². The molecule has 1 atom stereocenters. The van der Waals surface area contributed by atoms with E-state index in [1.54, 1.807) is 23.0 Å². The van der Waals surface area contributed by atoms with Gasteiger partial charge in [0.2, 0.25) is 6.29 Å². The zero-order chi connectivity index (χ0) is 7.98. The molecule has 0 aliphatic carbocycles. The lowest BCUT2D eigenvalue weighted by Gasteiger charge is -2.09. The molecular weight excluding hydrogens is 247 g/mol. The Morgan fingerprint density at radius 2 is 2.50 bits per heavy atom. The van der Waals surface area contributed by atoms with E-state index in [1.165, 1.54) is 0 Å². The average molecular weight is 256 g/mol. The number of halogens is 1. The summed E-state index contributed by atoms with van der Waals surface area (Å²) in [4.78, 5) is 10.5. The number of carbonyl (C=O) groups is 1. The Bertz CT molecular complexity index is 120. The van der Waals surface area contributed by atoms with E-state index < -0.39 is 12.3 Å². The predicted octanol–water partition coefficient (Wildman–Crippen LogP) is 1.82. The van der Waals surface area contributed by atoms with E-state index in [0.29, 0.717) is 6.42 Å². The molecule has 0 fully saturated rings. The summed E-state index contributed by atoms with van der Waals surface area (Å²) in [6, 6.07) is 0. The van der Waals surface area contributed by atoms with Crippen LogP contribution in [-0.4, -0.2) is 12.3 Å². The van der Waals surface area contributed by atoms with E-state index in [1.807, 2.05) is 6.92 Å². The van der Waals surface area contributed by atoms with Crippen molar-refractivity contribution in [2.45, 2.75) is 19.6 Å². The van der Waals surface area contributed by atoms with E-state index in [-0.39, 0.29) is 0 Å². The van der Waals surface area contributed by atoms with Gasteiger partial charge in [0, 0.05) is 12.5 Å². The standard InChI is InChI=1S/C6H9IO3/c1-3-5(8)9-6(4-2)10-7/h3,6H,1,4H2,2H3. The number of hydrogen-bond donors (Lipinski definition) is 0. The molecule has 0 amide bonds. The van der Waals surface area contributed by atoms with Gasteiger partial charge in [0.15, 0.2) is 0 Å². The fraction of sp³-hybridized carbons (Fsp3) is 0.500. The maximum absolute atomic E-state index is 10.5. The molecule has 0 aromatic rings. The summed E-state index contributed by atoms with van der Waals surface area (Å²) in [6.45, 7) is 5.11. The number of rotatable bonds is 4. The van der Waals surface area contributed by atoms with Crippen molar-refractivity contribution in [2.24, 2.45) is 0 Å². The first kappa shape index (κ1) is 9.90. The summed E-state index contributed by atoms with van der Waals surface area (Å²) < 4.78 is 9.46. The highest BCUT2D eigenvalue weighted by atomic mass is 127. The lowest BCUT2D eigenvalue weighted by molar-refractivity contribution is -0.153. The summed E-state index contributed by atoms with van der Waals surface area (Å²) in [5.74, 6) is -0.455. The van der Waals surface area contributed by atoms with Crippen molar-refractivity contribution < 1.29 is 12.6 Å². The molecule has 0 N–H and O–H groups in total. The molecular formula is C6H9IO3. The molecule has 0 spiro atoms. The highest BCUT2D eigenvalue weighted by Crippen LogP contribution is 2.04. The van der Waals surface area contributed by atoms with Crippen molar-refractivity contribution >= 4 is 29.0 Å². The summed E-state index contributed by atoms with van der Waals surface area (Å²) in [5.41, 5.74) is 0. The van der Waals surface area contributed by atoms with Gasteiger partial charge >= 0.3 is 5.97 Å². The van der Waals surface area contributed by atoms with Crippen LogP contribution < -0.4 is 0 Å². The molecule has 0 saturated heterocycles. The van der Waals surface area contributed by atoms with Crippen molar-refractivity contribution in [1.82, 2.24) is 0 Å². The molecule has 0 radical (unpaired) electrons. The second kappa shape index (κ2) is 5.67. The van der Waals surface area contributed by atoms with Crippen LogP contribution in [-0.2, 0) is 12.6 Å². The summed E-state index contributed by atoms with van der Waals surface area (Å²) in [7, 11) is 0. The summed E-state index contributed by atoms with van der Waals surface area (Å²) in [5, 5.41) is 0. The number of esters is 1. The molecule has 0 rings (SSSR count). The SMILES string of the molecule is C=CC(=O)OC(CC)OI. The molecule has 0 bridgehead atoms. The quantitative estimate of drug-likeness (QED) is 0.333. The highest BCUT2D eigenvalue weighted by molar-refractivity contribution is 14.1. The van der Waals surface area contributed by atoms with Crippen molar-refractivity contribution in [3.63, 3.8) is 0 Å². The van der Waals surface area contributed by atoms with Gasteiger partial charge in [-0.2, -0.15) is 0 Å². The van der Waals surface area contributed by atoms with Gasteiger partial charge in [-0.1, -0.05) is 13.5 Å². The molecule has 0 aliphatic heterocycles. The Labute approximate surface area is 74.1 Å². The van der Waals surface area contributed by atoms with Gasteiger partial charge in [0.05, 0.1) is 0 Å². The maximum Gasteiger partial charge on any atom is 0.332 e. The van der Waals surface area contributed by atoms with Gasteiger partial charge in [0.1, 0.15) is 23.0 Å². The monoisotopic (exact) mass is 256 g/mol. The fourth-order valence-electron chi connectivity index (χ4n) is 0.342. The van der Waals surface area contributed by atoms with Crippen LogP contribution in [0.2, 0.25) is 0 Å². The first-order valence-corrected chi connectivity index (χ1v) is 3.73. The number of ether oxygens (including phenoxy) is 1. The van der Waals surface area contributed by atoms with Crippen LogP contribution in [0.4, 0.5) is 0 Å². The maximum atomic E-state index is 10.5. The van der Waals surface area contributed by atoms with E-state index in [9.17, 15) is 4.79 Å². The van der Waals surface area contributed by atoms with Crippen molar-refractivity contribution in [1.29, 1.82) is 0 Å². The Balaban J connectivity index is 3.62. The van der Waals surface area contributed by atoms with E-state index in [4.69, 9.17) is 7.80 Å². The third-order valence-electron chi connectivity index (χ3n) is 0.847. The topological polar surface area (TPSA) is 35.5 Å². The normalized spacial score (nSPS) is 12.2. The van der Waals surface area contributed by atoms with Crippen LogP contribution in [0.1, 0.15) is 13.3 Å². The van der Waals surface area contributed by atoms with Crippen LogP contribution in [0, 0.1) is 0 Å². The molecule has 1 unspecified atom stereocenters. The number of hydrogen-bond acceptors (Lipinski definition) is 3. The Hall–Kier alpha value is -0.100. The molecule has 0 aromatic heterocycles. The molecule has 0 aromatic carbocycles. The second-order valence-electron chi connectivity index (χ2n) is 1.57. The summed E-state index contributed by atoms with van der Waals surface area (Å²) >= 11 is 1.69. The van der Waals surface area contributed by atoms with Crippen LogP contribution in [0.3, 0.4) is 0 Å². The minimum absolute atomic E-state index is 0.453. The van der Waals surface area contributed by atoms with Crippen LogP contribution >= 0.6 is 23.0 Å². The minimum Gasteiger partial charge on any atom is -0.432 e. The number of carbonyl (C=O) groups excluding carboxylic acids is 1. The highest BCUT2D eigenvalue weighted by Gasteiger charge is 2.07. The minimum atomic E-state index is -0.455. The molecule has 0 heterocycles. The van der Waals surface area contributed by atoms with E-state index in [2.05, 4.69) is 6.58 Å². The van der Waals surface area contributed by atoms with Crippen LogP contribution in [0.15, 0.2) is 12.7 Å². The van der Waals surface area contributed by atoms with Gasteiger partial charge in [-0.25, -0.2) is 4.79 Å². The van der Waals surface area contributed by atoms with Gasteiger partial charge in [-0.15, -0.1) is 0 Å². The Morgan fingerprint density at radius 3 is 2.80 bits per heavy atom.